The number of allylic oxidation sites excluding steroid dienone is 1. The fraction of sp³-hybridized carbons (Fsp3) is 0.280. The fourth-order valence-electron chi connectivity index (χ4n) is 5.23. The first-order chi connectivity index (χ1) is 16.7. The van der Waals surface area contributed by atoms with E-state index < -0.39 is 29.0 Å². The summed E-state index contributed by atoms with van der Waals surface area (Å²) in [6.45, 7) is 3.50. The number of pyridine rings is 1. The SMILES string of the molecule is CC1C=CC(N)C2CN(c3ccc4c(=O)c(OC(=O)O)cn(-c5ccc(F)cc5F)c4c3Cl)CC12. The van der Waals surface area contributed by atoms with Crippen LogP contribution in [-0.2, 0) is 0 Å². The molecule has 2 aliphatic rings. The lowest BCUT2D eigenvalue weighted by Crippen LogP contribution is -2.38. The molecule has 35 heavy (non-hydrogen) atoms. The first-order valence-corrected chi connectivity index (χ1v) is 11.5. The van der Waals surface area contributed by atoms with Crippen molar-refractivity contribution in [3.05, 3.63) is 75.6 Å². The van der Waals surface area contributed by atoms with Crippen LogP contribution in [-0.4, -0.2) is 35.0 Å². The average molecular weight is 502 g/mol. The molecule has 1 aromatic heterocycles. The summed E-state index contributed by atoms with van der Waals surface area (Å²) in [6, 6.07) is 6.04. The van der Waals surface area contributed by atoms with Crippen LogP contribution in [0, 0.1) is 29.4 Å². The van der Waals surface area contributed by atoms with Crippen LogP contribution in [0.3, 0.4) is 0 Å². The summed E-state index contributed by atoms with van der Waals surface area (Å²) in [4.78, 5) is 26.3. The summed E-state index contributed by atoms with van der Waals surface area (Å²) in [7, 11) is 0. The largest absolute Gasteiger partial charge is 0.511 e. The van der Waals surface area contributed by atoms with Gasteiger partial charge in [-0.15, -0.1) is 0 Å². The van der Waals surface area contributed by atoms with Gasteiger partial charge in [0.05, 0.1) is 33.5 Å². The van der Waals surface area contributed by atoms with Crippen molar-refractivity contribution in [3.8, 4) is 11.4 Å². The monoisotopic (exact) mass is 501 g/mol. The number of hydrogen-bond donors (Lipinski definition) is 2. The Morgan fingerprint density at radius 2 is 1.86 bits per heavy atom. The maximum Gasteiger partial charge on any atom is 0.511 e. The predicted molar refractivity (Wildman–Crippen MR) is 129 cm³/mol. The Labute approximate surface area is 204 Å². The third-order valence-corrected chi connectivity index (χ3v) is 7.35. The second-order valence-corrected chi connectivity index (χ2v) is 9.38. The van der Waals surface area contributed by atoms with Gasteiger partial charge in [0.1, 0.15) is 11.6 Å². The molecule has 3 N–H and O–H groups in total. The Balaban J connectivity index is 1.71. The standard InChI is InChI=1S/C25H22ClF2N3O4/c1-12-2-5-18(29)16-10-30(9-15(12)16)20-7-4-14-23(22(20)26)31(11-21(24(14)32)35-25(33)34)19-6-3-13(27)8-17(19)28/h2-8,11-12,15-16,18H,9-10,29H2,1H3,(H,33,34). The molecular formula is C25H22ClF2N3O4. The number of nitrogens with zero attached hydrogens (tertiary/aromatic N) is 2. The van der Waals surface area contributed by atoms with Crippen molar-refractivity contribution in [1.29, 1.82) is 0 Å². The Hall–Kier alpha value is -3.43. The zero-order valence-electron chi connectivity index (χ0n) is 18.6. The minimum atomic E-state index is -1.70. The number of ether oxygens (including phenoxy) is 1. The van der Waals surface area contributed by atoms with Gasteiger partial charge in [-0.2, -0.15) is 0 Å². The zero-order valence-corrected chi connectivity index (χ0v) is 19.4. The summed E-state index contributed by atoms with van der Waals surface area (Å²) in [6.07, 6.45) is 3.50. The van der Waals surface area contributed by atoms with Gasteiger partial charge in [0.25, 0.3) is 0 Å². The number of anilines is 1. The van der Waals surface area contributed by atoms with E-state index in [0.717, 1.165) is 12.3 Å². The summed E-state index contributed by atoms with van der Waals surface area (Å²) < 4.78 is 34.3. The molecule has 1 aliphatic carbocycles. The molecule has 0 amide bonds. The predicted octanol–water partition coefficient (Wildman–Crippen LogP) is 4.56. The van der Waals surface area contributed by atoms with E-state index in [1.807, 2.05) is 6.08 Å². The van der Waals surface area contributed by atoms with Gasteiger partial charge in [0.15, 0.2) is 5.75 Å². The lowest BCUT2D eigenvalue weighted by atomic mass is 9.77. The number of hydrogen-bond acceptors (Lipinski definition) is 5. The summed E-state index contributed by atoms with van der Waals surface area (Å²) in [5, 5.41) is 9.27. The van der Waals surface area contributed by atoms with Crippen molar-refractivity contribution in [3.63, 3.8) is 0 Å². The molecule has 1 saturated heterocycles. The lowest BCUT2D eigenvalue weighted by Gasteiger charge is -2.30. The highest BCUT2D eigenvalue weighted by Crippen LogP contribution is 2.42. The van der Waals surface area contributed by atoms with Crippen LogP contribution >= 0.6 is 11.6 Å². The van der Waals surface area contributed by atoms with E-state index in [-0.39, 0.29) is 33.6 Å². The molecule has 5 rings (SSSR count). The molecular weight excluding hydrogens is 480 g/mol. The molecule has 2 aromatic carbocycles. The molecule has 182 valence electrons. The summed E-state index contributed by atoms with van der Waals surface area (Å²) >= 11 is 6.86. The van der Waals surface area contributed by atoms with Crippen LogP contribution in [0.2, 0.25) is 5.02 Å². The first kappa shape index (κ1) is 23.3. The Morgan fingerprint density at radius 3 is 2.54 bits per heavy atom. The number of halogens is 3. The average Bonchev–Trinajstić information content (AvgIpc) is 3.25. The van der Waals surface area contributed by atoms with E-state index in [2.05, 4.69) is 22.6 Å². The third-order valence-electron chi connectivity index (χ3n) is 6.98. The number of aromatic nitrogens is 1. The highest BCUT2D eigenvalue weighted by atomic mass is 35.5. The van der Waals surface area contributed by atoms with Crippen molar-refractivity contribution >= 4 is 34.3 Å². The number of rotatable bonds is 3. The van der Waals surface area contributed by atoms with Gasteiger partial charge in [-0.1, -0.05) is 30.7 Å². The van der Waals surface area contributed by atoms with E-state index in [1.54, 1.807) is 6.07 Å². The van der Waals surface area contributed by atoms with Gasteiger partial charge >= 0.3 is 6.16 Å². The lowest BCUT2D eigenvalue weighted by molar-refractivity contribution is 0.144. The van der Waals surface area contributed by atoms with E-state index in [0.29, 0.717) is 36.7 Å². The second kappa shape index (κ2) is 8.66. The fourth-order valence-corrected chi connectivity index (χ4v) is 5.60. The molecule has 0 spiro atoms. The van der Waals surface area contributed by atoms with E-state index in [4.69, 9.17) is 22.4 Å². The van der Waals surface area contributed by atoms with Gasteiger partial charge in [0.2, 0.25) is 5.43 Å². The minimum absolute atomic E-state index is 0.0320. The van der Waals surface area contributed by atoms with E-state index >= 15 is 0 Å². The van der Waals surface area contributed by atoms with Crippen LogP contribution in [0.5, 0.6) is 5.75 Å². The summed E-state index contributed by atoms with van der Waals surface area (Å²) in [5.41, 5.74) is 6.28. The van der Waals surface area contributed by atoms with Gasteiger partial charge in [-0.25, -0.2) is 13.6 Å². The molecule has 7 nitrogen and oxygen atoms in total. The molecule has 4 atom stereocenters. The number of benzene rings is 2. The Bertz CT molecular complexity index is 1420. The molecule has 2 heterocycles. The van der Waals surface area contributed by atoms with E-state index in [1.165, 1.54) is 16.7 Å². The van der Waals surface area contributed by atoms with Crippen molar-refractivity contribution in [2.45, 2.75) is 13.0 Å². The summed E-state index contributed by atoms with van der Waals surface area (Å²) in [5.74, 6) is -1.35. The molecule has 0 bridgehead atoms. The molecule has 1 aliphatic heterocycles. The molecule has 0 radical (unpaired) electrons. The third kappa shape index (κ3) is 3.94. The van der Waals surface area contributed by atoms with Crippen molar-refractivity contribution in [2.75, 3.05) is 18.0 Å². The van der Waals surface area contributed by atoms with Crippen molar-refractivity contribution < 1.29 is 23.4 Å². The number of carbonyl (C=O) groups is 1. The van der Waals surface area contributed by atoms with Crippen LogP contribution in [0.15, 0.2) is 53.5 Å². The van der Waals surface area contributed by atoms with Crippen LogP contribution in [0.4, 0.5) is 19.3 Å². The van der Waals surface area contributed by atoms with Crippen LogP contribution < -0.4 is 20.8 Å². The smallest absolute Gasteiger partial charge is 0.449 e. The van der Waals surface area contributed by atoms with Gasteiger partial charge in [-0.3, -0.25) is 4.79 Å². The van der Waals surface area contributed by atoms with Crippen LogP contribution in [0.25, 0.3) is 16.6 Å². The Kier molecular flexibility index (Phi) is 5.77. The first-order valence-electron chi connectivity index (χ1n) is 11.1. The van der Waals surface area contributed by atoms with Crippen molar-refractivity contribution in [1.82, 2.24) is 4.57 Å². The maximum absolute atomic E-state index is 14.8. The number of nitrogens with two attached hydrogens (primary N) is 1. The zero-order chi connectivity index (χ0) is 25.0. The van der Waals surface area contributed by atoms with Crippen LogP contribution in [0.1, 0.15) is 6.92 Å². The topological polar surface area (TPSA) is 97.8 Å². The quantitative estimate of drug-likeness (QED) is 0.403. The van der Waals surface area contributed by atoms with Gasteiger partial charge in [-0.05, 0) is 36.1 Å². The molecule has 1 fully saturated rings. The van der Waals surface area contributed by atoms with Crippen molar-refractivity contribution in [2.24, 2.45) is 23.5 Å². The van der Waals surface area contributed by atoms with Gasteiger partial charge < -0.3 is 25.0 Å². The molecule has 4 unspecified atom stereocenters. The number of fused-ring (bicyclic) bond motifs is 2. The van der Waals surface area contributed by atoms with Gasteiger partial charge in [0, 0.05) is 31.1 Å². The normalized spacial score (nSPS) is 23.5. The minimum Gasteiger partial charge on any atom is -0.449 e. The highest BCUT2D eigenvalue weighted by Gasteiger charge is 2.41. The number of carboxylic acid groups (broad SMARTS) is 1. The second-order valence-electron chi connectivity index (χ2n) is 9.01. The van der Waals surface area contributed by atoms with E-state index in [9.17, 15) is 18.4 Å². The highest BCUT2D eigenvalue weighted by molar-refractivity contribution is 6.38. The maximum atomic E-state index is 14.8. The molecule has 10 heteroatoms. The molecule has 0 saturated carbocycles. The Morgan fingerprint density at radius 1 is 1.14 bits per heavy atom. The molecule has 3 aromatic rings.